The first-order chi connectivity index (χ1) is 7.18. The Hall–Kier alpha value is -1.16. The first-order valence-electron chi connectivity index (χ1n) is 5.14. The number of nitrogens with zero attached hydrogens (tertiary/aromatic N) is 2. The molecular weight excluding hydrogens is 206 g/mol. The Morgan fingerprint density at radius 3 is 3.00 bits per heavy atom. The van der Waals surface area contributed by atoms with E-state index >= 15 is 0 Å². The molecule has 1 fully saturated rings. The maximum Gasteiger partial charge on any atom is 0.138 e. The molecule has 1 aromatic rings. The molecule has 0 saturated heterocycles. The monoisotopic (exact) mass is 221 g/mol. The summed E-state index contributed by atoms with van der Waals surface area (Å²) in [5.41, 5.74) is 6.53. The molecule has 0 aromatic carbocycles. The molecule has 1 saturated carbocycles. The predicted molar refractivity (Wildman–Crippen MR) is 66.1 cm³/mol. The second kappa shape index (κ2) is 4.14. The van der Waals surface area contributed by atoms with Gasteiger partial charge in [-0.25, -0.2) is 4.98 Å². The summed E-state index contributed by atoms with van der Waals surface area (Å²) in [6.45, 7) is 1.05. The average Bonchev–Trinajstić information content (AvgIpc) is 3.01. The number of pyridine rings is 1. The maximum absolute atomic E-state index is 5.66. The van der Waals surface area contributed by atoms with Gasteiger partial charge in [0.2, 0.25) is 0 Å². The second-order valence-corrected chi connectivity index (χ2v) is 4.50. The Labute approximate surface area is 95.3 Å². The molecule has 0 spiro atoms. The molecule has 0 aliphatic heterocycles. The molecule has 2 N–H and O–H groups in total. The first kappa shape index (κ1) is 10.4. The lowest BCUT2D eigenvalue weighted by atomic mass is 10.2. The third kappa shape index (κ3) is 2.45. The van der Waals surface area contributed by atoms with E-state index in [2.05, 4.69) is 9.88 Å². The number of hydrogen-bond donors (Lipinski definition) is 1. The summed E-state index contributed by atoms with van der Waals surface area (Å²) in [4.78, 5) is 6.90. The summed E-state index contributed by atoms with van der Waals surface area (Å²) in [6.07, 6.45) is 4.44. The van der Waals surface area contributed by atoms with Gasteiger partial charge in [0.05, 0.1) is 5.56 Å². The van der Waals surface area contributed by atoms with Crippen molar-refractivity contribution in [2.24, 2.45) is 11.7 Å². The Bertz CT molecular complexity index is 374. The molecule has 0 amide bonds. The van der Waals surface area contributed by atoms with E-state index in [-0.39, 0.29) is 0 Å². The highest BCUT2D eigenvalue weighted by Crippen LogP contribution is 2.31. The largest absolute Gasteiger partial charge is 0.389 e. The van der Waals surface area contributed by atoms with Crippen LogP contribution < -0.4 is 10.6 Å². The van der Waals surface area contributed by atoms with E-state index in [0.29, 0.717) is 4.99 Å². The highest BCUT2D eigenvalue weighted by Gasteiger charge is 2.24. The summed E-state index contributed by atoms with van der Waals surface area (Å²) >= 11 is 5.01. The van der Waals surface area contributed by atoms with Gasteiger partial charge in [0.1, 0.15) is 10.8 Å². The molecule has 0 radical (unpaired) electrons. The van der Waals surface area contributed by atoms with Crippen LogP contribution >= 0.6 is 12.2 Å². The summed E-state index contributed by atoms with van der Waals surface area (Å²) in [5.74, 6) is 1.73. The van der Waals surface area contributed by atoms with Crippen LogP contribution in [-0.4, -0.2) is 23.6 Å². The molecule has 1 aromatic heterocycles. The molecule has 1 heterocycles. The third-order valence-corrected chi connectivity index (χ3v) is 2.86. The van der Waals surface area contributed by atoms with Crippen LogP contribution in [0.15, 0.2) is 18.3 Å². The lowest BCUT2D eigenvalue weighted by molar-refractivity contribution is 0.777. The van der Waals surface area contributed by atoms with Crippen molar-refractivity contribution in [3.05, 3.63) is 23.9 Å². The first-order valence-corrected chi connectivity index (χ1v) is 5.55. The molecule has 0 atom stereocenters. The van der Waals surface area contributed by atoms with Gasteiger partial charge >= 0.3 is 0 Å². The summed E-state index contributed by atoms with van der Waals surface area (Å²) in [6, 6.07) is 3.79. The fourth-order valence-electron chi connectivity index (χ4n) is 1.67. The number of rotatable bonds is 4. The topological polar surface area (TPSA) is 42.2 Å². The smallest absolute Gasteiger partial charge is 0.138 e. The van der Waals surface area contributed by atoms with Gasteiger partial charge in [-0.3, -0.25) is 0 Å². The highest BCUT2D eigenvalue weighted by molar-refractivity contribution is 7.80. The van der Waals surface area contributed by atoms with Gasteiger partial charge in [0.15, 0.2) is 0 Å². The van der Waals surface area contributed by atoms with Crippen LogP contribution in [0.2, 0.25) is 0 Å². The Kier molecular flexibility index (Phi) is 2.86. The number of thiocarbonyl (C=S) groups is 1. The fraction of sp³-hybridized carbons (Fsp3) is 0.455. The number of anilines is 1. The molecule has 80 valence electrons. The van der Waals surface area contributed by atoms with Crippen LogP contribution in [0.3, 0.4) is 0 Å². The lowest BCUT2D eigenvalue weighted by Crippen LogP contribution is -2.25. The van der Waals surface area contributed by atoms with Crippen molar-refractivity contribution in [2.45, 2.75) is 12.8 Å². The van der Waals surface area contributed by atoms with E-state index in [0.717, 1.165) is 23.8 Å². The molecule has 1 aliphatic carbocycles. The van der Waals surface area contributed by atoms with E-state index in [1.165, 1.54) is 12.8 Å². The second-order valence-electron chi connectivity index (χ2n) is 4.06. The van der Waals surface area contributed by atoms with E-state index in [1.807, 2.05) is 19.2 Å². The molecule has 1 aliphatic rings. The van der Waals surface area contributed by atoms with Crippen molar-refractivity contribution < 1.29 is 0 Å². The Morgan fingerprint density at radius 1 is 1.67 bits per heavy atom. The van der Waals surface area contributed by atoms with Crippen LogP contribution in [0.25, 0.3) is 0 Å². The number of aromatic nitrogens is 1. The SMILES string of the molecule is CN(CC1CC1)c1ncccc1C(N)=S. The van der Waals surface area contributed by atoms with Crippen LogP contribution in [0.4, 0.5) is 5.82 Å². The lowest BCUT2D eigenvalue weighted by Gasteiger charge is -2.20. The molecule has 3 nitrogen and oxygen atoms in total. The van der Waals surface area contributed by atoms with E-state index in [1.54, 1.807) is 6.20 Å². The summed E-state index contributed by atoms with van der Waals surface area (Å²) in [7, 11) is 2.04. The minimum Gasteiger partial charge on any atom is -0.389 e. The summed E-state index contributed by atoms with van der Waals surface area (Å²) in [5, 5.41) is 0. The Balaban J connectivity index is 2.20. The minimum atomic E-state index is 0.417. The van der Waals surface area contributed by atoms with Crippen LogP contribution in [-0.2, 0) is 0 Å². The van der Waals surface area contributed by atoms with Crippen molar-refractivity contribution in [1.29, 1.82) is 0 Å². The average molecular weight is 221 g/mol. The molecular formula is C11H15N3S. The van der Waals surface area contributed by atoms with Crippen molar-refractivity contribution in [3.8, 4) is 0 Å². The van der Waals surface area contributed by atoms with Gasteiger partial charge < -0.3 is 10.6 Å². The van der Waals surface area contributed by atoms with Gasteiger partial charge in [0, 0.05) is 19.8 Å². The van der Waals surface area contributed by atoms with Crippen molar-refractivity contribution in [1.82, 2.24) is 4.98 Å². The zero-order valence-electron chi connectivity index (χ0n) is 8.81. The number of hydrogen-bond acceptors (Lipinski definition) is 3. The van der Waals surface area contributed by atoms with Gasteiger partial charge in [-0.1, -0.05) is 12.2 Å². The normalized spacial score (nSPS) is 15.0. The zero-order valence-corrected chi connectivity index (χ0v) is 9.63. The van der Waals surface area contributed by atoms with E-state index < -0.39 is 0 Å². The zero-order chi connectivity index (χ0) is 10.8. The van der Waals surface area contributed by atoms with Gasteiger partial charge in [0.25, 0.3) is 0 Å². The van der Waals surface area contributed by atoms with Crippen molar-refractivity contribution in [2.75, 3.05) is 18.5 Å². The molecule has 2 rings (SSSR count). The summed E-state index contributed by atoms with van der Waals surface area (Å²) < 4.78 is 0. The molecule has 15 heavy (non-hydrogen) atoms. The van der Waals surface area contributed by atoms with Gasteiger partial charge in [-0.15, -0.1) is 0 Å². The van der Waals surface area contributed by atoms with Crippen LogP contribution in [0, 0.1) is 5.92 Å². The maximum atomic E-state index is 5.66. The predicted octanol–water partition coefficient (Wildman–Crippen LogP) is 1.56. The molecule has 4 heteroatoms. The highest BCUT2D eigenvalue weighted by atomic mass is 32.1. The minimum absolute atomic E-state index is 0.417. The van der Waals surface area contributed by atoms with Crippen molar-refractivity contribution >= 4 is 23.0 Å². The quantitative estimate of drug-likeness (QED) is 0.784. The molecule has 0 unspecified atom stereocenters. The molecule has 0 bridgehead atoms. The Morgan fingerprint density at radius 2 is 2.40 bits per heavy atom. The third-order valence-electron chi connectivity index (χ3n) is 2.64. The van der Waals surface area contributed by atoms with Crippen molar-refractivity contribution in [3.63, 3.8) is 0 Å². The van der Waals surface area contributed by atoms with Gasteiger partial charge in [-0.05, 0) is 30.9 Å². The fourth-order valence-corrected chi connectivity index (χ4v) is 1.83. The van der Waals surface area contributed by atoms with Crippen LogP contribution in [0.5, 0.6) is 0 Å². The van der Waals surface area contributed by atoms with Gasteiger partial charge in [-0.2, -0.15) is 0 Å². The number of nitrogens with two attached hydrogens (primary N) is 1. The van der Waals surface area contributed by atoms with E-state index in [4.69, 9.17) is 18.0 Å². The van der Waals surface area contributed by atoms with Crippen LogP contribution in [0.1, 0.15) is 18.4 Å². The van der Waals surface area contributed by atoms with E-state index in [9.17, 15) is 0 Å². The standard InChI is InChI=1S/C11H15N3S/c1-14(7-8-4-5-8)11-9(10(12)15)3-2-6-13-11/h2-3,6,8H,4-5,7H2,1H3,(H2,12,15).